The average Bonchev–Trinajstić information content (AvgIpc) is 2.19. The van der Waals surface area contributed by atoms with Crippen molar-refractivity contribution < 1.29 is 0 Å². The van der Waals surface area contributed by atoms with Crippen LogP contribution in [0.15, 0.2) is 24.3 Å². The SMILES string of the molecule is N#CS.NCc1cccc(CN)c1. The minimum absolute atomic E-state index is 0.591. The minimum atomic E-state index is 0.591. The van der Waals surface area contributed by atoms with Crippen LogP contribution in [0.4, 0.5) is 0 Å². The van der Waals surface area contributed by atoms with Gasteiger partial charge in [0, 0.05) is 13.1 Å². The highest BCUT2D eigenvalue weighted by molar-refractivity contribution is 7.85. The van der Waals surface area contributed by atoms with Gasteiger partial charge in [0.1, 0.15) is 5.40 Å². The van der Waals surface area contributed by atoms with Gasteiger partial charge in [0.2, 0.25) is 0 Å². The van der Waals surface area contributed by atoms with Gasteiger partial charge in [0.05, 0.1) is 0 Å². The molecule has 0 amide bonds. The Bertz CT molecular complexity index is 261. The Hall–Kier alpha value is -1.02. The third-order valence-corrected chi connectivity index (χ3v) is 1.46. The molecule has 0 aliphatic heterocycles. The number of hydrogen-bond donors (Lipinski definition) is 3. The molecule has 4 N–H and O–H groups in total. The summed E-state index contributed by atoms with van der Waals surface area (Å²) in [5.41, 5.74) is 13.1. The maximum atomic E-state index is 7.18. The summed E-state index contributed by atoms with van der Waals surface area (Å²) in [6.45, 7) is 1.18. The van der Waals surface area contributed by atoms with E-state index in [2.05, 4.69) is 12.6 Å². The molecular formula is C9H13N3S. The normalized spacial score (nSPS) is 8.15. The van der Waals surface area contributed by atoms with Crippen LogP contribution >= 0.6 is 12.6 Å². The van der Waals surface area contributed by atoms with Crippen molar-refractivity contribution in [3.05, 3.63) is 35.4 Å². The number of hydrogen-bond acceptors (Lipinski definition) is 4. The number of benzene rings is 1. The summed E-state index contributed by atoms with van der Waals surface area (Å²) in [7, 11) is 0. The van der Waals surface area contributed by atoms with Gasteiger partial charge in [-0.2, -0.15) is 5.26 Å². The summed E-state index contributed by atoms with van der Waals surface area (Å²) in [5.74, 6) is 0. The second-order valence-corrected chi connectivity index (χ2v) is 2.53. The summed E-state index contributed by atoms with van der Waals surface area (Å²) < 4.78 is 0. The van der Waals surface area contributed by atoms with Gasteiger partial charge in [-0.05, 0) is 11.1 Å². The zero-order valence-corrected chi connectivity index (χ0v) is 8.17. The van der Waals surface area contributed by atoms with Gasteiger partial charge in [0.25, 0.3) is 0 Å². The van der Waals surface area contributed by atoms with Gasteiger partial charge in [-0.3, -0.25) is 0 Å². The Morgan fingerprint density at radius 2 is 1.62 bits per heavy atom. The van der Waals surface area contributed by atoms with E-state index >= 15 is 0 Å². The highest BCUT2D eigenvalue weighted by Crippen LogP contribution is 2.02. The van der Waals surface area contributed by atoms with Crippen molar-refractivity contribution in [3.8, 4) is 5.40 Å². The fraction of sp³-hybridized carbons (Fsp3) is 0.222. The molecule has 0 radical (unpaired) electrons. The zero-order chi connectivity index (χ0) is 10.1. The Morgan fingerprint density at radius 3 is 1.92 bits per heavy atom. The molecule has 3 nitrogen and oxygen atoms in total. The maximum Gasteiger partial charge on any atom is 0.130 e. The van der Waals surface area contributed by atoms with Crippen LogP contribution in [0.25, 0.3) is 0 Å². The number of thiol groups is 1. The molecule has 0 aliphatic rings. The first-order valence-corrected chi connectivity index (χ1v) is 4.24. The fourth-order valence-electron chi connectivity index (χ4n) is 0.884. The second-order valence-electron chi connectivity index (χ2n) is 2.33. The van der Waals surface area contributed by atoms with E-state index < -0.39 is 0 Å². The predicted octanol–water partition coefficient (Wildman–Crippen LogP) is 1.00. The van der Waals surface area contributed by atoms with Crippen molar-refractivity contribution >= 4 is 12.6 Å². The van der Waals surface area contributed by atoms with Crippen LogP contribution in [0.5, 0.6) is 0 Å². The smallest absolute Gasteiger partial charge is 0.130 e. The quantitative estimate of drug-likeness (QED) is 0.487. The van der Waals surface area contributed by atoms with E-state index in [-0.39, 0.29) is 0 Å². The van der Waals surface area contributed by atoms with Crippen molar-refractivity contribution in [1.29, 1.82) is 5.26 Å². The van der Waals surface area contributed by atoms with E-state index in [1.54, 1.807) is 0 Å². The molecule has 0 bridgehead atoms. The maximum absolute atomic E-state index is 7.18. The van der Waals surface area contributed by atoms with Crippen LogP contribution in [0.1, 0.15) is 11.1 Å². The van der Waals surface area contributed by atoms with Crippen molar-refractivity contribution in [2.24, 2.45) is 11.5 Å². The first kappa shape index (κ1) is 12.0. The van der Waals surface area contributed by atoms with Gasteiger partial charge in [-0.25, -0.2) is 0 Å². The topological polar surface area (TPSA) is 75.8 Å². The lowest BCUT2D eigenvalue weighted by molar-refractivity contribution is 1.03. The number of thiocyanates is 1. The molecular weight excluding hydrogens is 182 g/mol. The van der Waals surface area contributed by atoms with Gasteiger partial charge in [0.15, 0.2) is 0 Å². The first-order valence-electron chi connectivity index (χ1n) is 3.79. The summed E-state index contributed by atoms with van der Waals surface area (Å²) in [6, 6.07) is 8.00. The molecule has 1 rings (SSSR count). The van der Waals surface area contributed by atoms with Crippen LogP contribution in [0.2, 0.25) is 0 Å². The number of rotatable bonds is 2. The number of nitriles is 1. The molecule has 70 valence electrons. The Labute approximate surface area is 83.8 Å². The Morgan fingerprint density at radius 1 is 1.23 bits per heavy atom. The van der Waals surface area contributed by atoms with Gasteiger partial charge in [-0.1, -0.05) is 36.9 Å². The largest absolute Gasteiger partial charge is 0.326 e. The third kappa shape index (κ3) is 5.26. The molecule has 4 heteroatoms. The Kier molecular flexibility index (Phi) is 7.02. The Balaban J connectivity index is 0.000000424. The number of nitrogens with zero attached hydrogens (tertiary/aromatic N) is 1. The zero-order valence-electron chi connectivity index (χ0n) is 7.27. The molecule has 0 unspecified atom stereocenters. The predicted molar refractivity (Wildman–Crippen MR) is 56.8 cm³/mol. The van der Waals surface area contributed by atoms with Crippen molar-refractivity contribution in [3.63, 3.8) is 0 Å². The molecule has 0 heterocycles. The van der Waals surface area contributed by atoms with E-state index in [4.69, 9.17) is 16.7 Å². The monoisotopic (exact) mass is 195 g/mol. The molecule has 0 saturated carbocycles. The summed E-state index contributed by atoms with van der Waals surface area (Å²) in [6.07, 6.45) is 0. The lowest BCUT2D eigenvalue weighted by atomic mass is 10.1. The molecule has 1 aromatic carbocycles. The molecule has 0 atom stereocenters. The summed E-state index contributed by atoms with van der Waals surface area (Å²) in [4.78, 5) is 0. The number of nitrogens with two attached hydrogens (primary N) is 2. The second kappa shape index (κ2) is 7.62. The van der Waals surface area contributed by atoms with Gasteiger partial charge < -0.3 is 11.5 Å². The average molecular weight is 195 g/mol. The minimum Gasteiger partial charge on any atom is -0.326 e. The first-order chi connectivity index (χ1) is 6.28. The van der Waals surface area contributed by atoms with Crippen molar-refractivity contribution in [2.75, 3.05) is 0 Å². The van der Waals surface area contributed by atoms with Crippen LogP contribution in [-0.2, 0) is 13.1 Å². The van der Waals surface area contributed by atoms with E-state index in [1.165, 1.54) is 5.40 Å². The van der Waals surface area contributed by atoms with Crippen LogP contribution < -0.4 is 11.5 Å². The standard InChI is InChI=1S/C8H12N2.CHNS/c9-5-7-2-1-3-8(4-7)6-10;2-1-3/h1-4H,5-6,9-10H2;3H. The van der Waals surface area contributed by atoms with Crippen molar-refractivity contribution in [1.82, 2.24) is 0 Å². The third-order valence-electron chi connectivity index (χ3n) is 1.46. The fourth-order valence-corrected chi connectivity index (χ4v) is 0.884. The lowest BCUT2D eigenvalue weighted by Crippen LogP contribution is -2.00. The van der Waals surface area contributed by atoms with Gasteiger partial charge >= 0.3 is 0 Å². The molecule has 1 aromatic rings. The highest BCUT2D eigenvalue weighted by Gasteiger charge is 1.89. The van der Waals surface area contributed by atoms with E-state index in [0.29, 0.717) is 13.1 Å². The molecule has 0 spiro atoms. The van der Waals surface area contributed by atoms with Gasteiger partial charge in [-0.15, -0.1) is 0 Å². The van der Waals surface area contributed by atoms with E-state index in [9.17, 15) is 0 Å². The van der Waals surface area contributed by atoms with Crippen LogP contribution in [-0.4, -0.2) is 0 Å². The highest BCUT2D eigenvalue weighted by atomic mass is 32.1. The summed E-state index contributed by atoms with van der Waals surface area (Å²) >= 11 is 3.09. The van der Waals surface area contributed by atoms with Crippen LogP contribution in [0, 0.1) is 10.7 Å². The molecule has 0 fully saturated rings. The molecule has 0 aromatic heterocycles. The van der Waals surface area contributed by atoms with Crippen LogP contribution in [0.3, 0.4) is 0 Å². The lowest BCUT2D eigenvalue weighted by Gasteiger charge is -1.98. The van der Waals surface area contributed by atoms with Crippen molar-refractivity contribution in [2.45, 2.75) is 13.1 Å². The molecule has 13 heavy (non-hydrogen) atoms. The molecule has 0 aliphatic carbocycles. The molecule has 0 saturated heterocycles. The van der Waals surface area contributed by atoms with E-state index in [0.717, 1.165) is 11.1 Å². The summed E-state index contributed by atoms with van der Waals surface area (Å²) in [5, 5.41) is 8.63. The van der Waals surface area contributed by atoms with E-state index in [1.807, 2.05) is 24.3 Å².